The highest BCUT2D eigenvalue weighted by atomic mass is 32.2. The topological polar surface area (TPSA) is 82.5 Å². The molecule has 2 aromatic carbocycles. The molecule has 0 radical (unpaired) electrons. The van der Waals surface area contributed by atoms with Crippen LogP contribution in [-0.4, -0.2) is 40.5 Å². The van der Waals surface area contributed by atoms with Gasteiger partial charge < -0.3 is 14.8 Å². The Balaban J connectivity index is 1.33. The Morgan fingerprint density at radius 2 is 1.96 bits per heavy atom. The molecule has 1 unspecified atom stereocenters. The smallest absolute Gasteiger partial charge is 0.261 e. The summed E-state index contributed by atoms with van der Waals surface area (Å²) in [6, 6.07) is 14.6. The van der Waals surface area contributed by atoms with Crippen LogP contribution in [0.25, 0.3) is 10.9 Å². The molecule has 0 spiro atoms. The van der Waals surface area contributed by atoms with Gasteiger partial charge in [-0.15, -0.1) is 0 Å². The van der Waals surface area contributed by atoms with Crippen LogP contribution in [0.4, 0.5) is 0 Å². The van der Waals surface area contributed by atoms with Crippen molar-refractivity contribution in [2.75, 3.05) is 18.9 Å². The van der Waals surface area contributed by atoms with Gasteiger partial charge in [-0.2, -0.15) is 0 Å². The van der Waals surface area contributed by atoms with Crippen molar-refractivity contribution >= 4 is 28.6 Å². The fourth-order valence-electron chi connectivity index (χ4n) is 2.90. The number of para-hydroxylation sites is 3. The number of carbonyl (C=O) groups is 1. The molecule has 0 bridgehead atoms. The molecule has 8 heteroatoms. The number of amides is 1. The third-order valence-corrected chi connectivity index (χ3v) is 5.40. The minimum atomic E-state index is -0.244. The van der Waals surface area contributed by atoms with Crippen LogP contribution in [0.2, 0.25) is 0 Å². The highest BCUT2D eigenvalue weighted by Crippen LogP contribution is 2.30. The summed E-state index contributed by atoms with van der Waals surface area (Å²) in [6.07, 6.45) is -0.244. The van der Waals surface area contributed by atoms with Crippen LogP contribution < -0.4 is 20.3 Å². The van der Waals surface area contributed by atoms with E-state index in [2.05, 4.69) is 10.3 Å². The first-order chi connectivity index (χ1) is 13.6. The Morgan fingerprint density at radius 1 is 1.21 bits per heavy atom. The minimum Gasteiger partial charge on any atom is -0.486 e. The first-order valence-electron chi connectivity index (χ1n) is 8.85. The van der Waals surface area contributed by atoms with Gasteiger partial charge in [0, 0.05) is 7.05 Å². The van der Waals surface area contributed by atoms with Gasteiger partial charge in [-0.05, 0) is 24.3 Å². The molecule has 3 aromatic rings. The van der Waals surface area contributed by atoms with E-state index in [0.29, 0.717) is 40.7 Å². The van der Waals surface area contributed by atoms with E-state index >= 15 is 0 Å². The lowest BCUT2D eigenvalue weighted by molar-refractivity contribution is -0.119. The van der Waals surface area contributed by atoms with Crippen LogP contribution in [0, 0.1) is 0 Å². The number of benzene rings is 2. The van der Waals surface area contributed by atoms with E-state index < -0.39 is 0 Å². The zero-order chi connectivity index (χ0) is 19.5. The van der Waals surface area contributed by atoms with Crippen molar-refractivity contribution in [1.82, 2.24) is 14.9 Å². The molecule has 1 amide bonds. The number of fused-ring (bicyclic) bond motifs is 2. The molecule has 1 N–H and O–H groups in total. The lowest BCUT2D eigenvalue weighted by Gasteiger charge is -2.26. The zero-order valence-electron chi connectivity index (χ0n) is 15.3. The number of carbonyl (C=O) groups excluding carboxylic acids is 1. The number of thioether (sulfide) groups is 1. The lowest BCUT2D eigenvalue weighted by Crippen LogP contribution is -2.41. The molecule has 144 valence electrons. The van der Waals surface area contributed by atoms with Gasteiger partial charge in [0.2, 0.25) is 5.91 Å². The Labute approximate surface area is 165 Å². The van der Waals surface area contributed by atoms with Crippen LogP contribution in [0.3, 0.4) is 0 Å². The third kappa shape index (κ3) is 3.82. The number of hydrogen-bond donors (Lipinski definition) is 1. The fourth-order valence-corrected chi connectivity index (χ4v) is 3.70. The van der Waals surface area contributed by atoms with Crippen molar-refractivity contribution in [1.29, 1.82) is 0 Å². The minimum absolute atomic E-state index is 0.125. The lowest BCUT2D eigenvalue weighted by atomic mass is 10.2. The highest BCUT2D eigenvalue weighted by molar-refractivity contribution is 7.99. The molecule has 2 heterocycles. The van der Waals surface area contributed by atoms with E-state index in [-0.39, 0.29) is 23.3 Å². The predicted molar refractivity (Wildman–Crippen MR) is 107 cm³/mol. The van der Waals surface area contributed by atoms with Gasteiger partial charge in [-0.1, -0.05) is 36.0 Å². The summed E-state index contributed by atoms with van der Waals surface area (Å²) in [4.78, 5) is 29.1. The Bertz CT molecular complexity index is 1080. The number of nitrogens with one attached hydrogen (secondary N) is 1. The highest BCUT2D eigenvalue weighted by Gasteiger charge is 2.21. The van der Waals surface area contributed by atoms with Gasteiger partial charge in [-0.25, -0.2) is 4.98 Å². The molecule has 0 fully saturated rings. The van der Waals surface area contributed by atoms with E-state index in [1.807, 2.05) is 30.3 Å². The van der Waals surface area contributed by atoms with Crippen LogP contribution in [0.15, 0.2) is 58.5 Å². The van der Waals surface area contributed by atoms with Crippen molar-refractivity contribution in [2.24, 2.45) is 7.05 Å². The van der Waals surface area contributed by atoms with Gasteiger partial charge >= 0.3 is 0 Å². The molecular formula is C20H19N3O4S. The first-order valence-corrected chi connectivity index (χ1v) is 9.84. The average molecular weight is 397 g/mol. The van der Waals surface area contributed by atoms with Gasteiger partial charge in [0.1, 0.15) is 12.7 Å². The molecular weight excluding hydrogens is 378 g/mol. The monoisotopic (exact) mass is 397 g/mol. The van der Waals surface area contributed by atoms with Gasteiger partial charge in [0.05, 0.1) is 23.2 Å². The molecule has 1 atom stereocenters. The van der Waals surface area contributed by atoms with Crippen molar-refractivity contribution in [3.8, 4) is 11.5 Å². The molecule has 0 saturated heterocycles. The molecule has 4 rings (SSSR count). The molecule has 28 heavy (non-hydrogen) atoms. The number of rotatable bonds is 5. The second-order valence-electron chi connectivity index (χ2n) is 6.37. The van der Waals surface area contributed by atoms with Gasteiger partial charge in [0.15, 0.2) is 16.7 Å². The molecule has 1 aliphatic rings. The first kappa shape index (κ1) is 18.4. The van der Waals surface area contributed by atoms with Gasteiger partial charge in [-0.3, -0.25) is 14.2 Å². The molecule has 0 saturated carbocycles. The molecule has 0 aliphatic carbocycles. The average Bonchev–Trinajstić information content (AvgIpc) is 2.73. The third-order valence-electron chi connectivity index (χ3n) is 4.37. The summed E-state index contributed by atoms with van der Waals surface area (Å²) in [5.74, 6) is 1.39. The van der Waals surface area contributed by atoms with Crippen LogP contribution >= 0.6 is 11.8 Å². The molecule has 7 nitrogen and oxygen atoms in total. The summed E-state index contributed by atoms with van der Waals surface area (Å²) in [7, 11) is 1.66. The van der Waals surface area contributed by atoms with E-state index in [4.69, 9.17) is 9.47 Å². The number of ether oxygens (including phenoxy) is 2. The molecule has 1 aromatic heterocycles. The number of nitrogens with zero attached hydrogens (tertiary/aromatic N) is 2. The fraction of sp³-hybridized carbons (Fsp3) is 0.250. The number of hydrogen-bond acceptors (Lipinski definition) is 6. The van der Waals surface area contributed by atoms with Crippen molar-refractivity contribution < 1.29 is 14.3 Å². The Kier molecular flexibility index (Phi) is 5.21. The zero-order valence-corrected chi connectivity index (χ0v) is 16.1. The van der Waals surface area contributed by atoms with Gasteiger partial charge in [0.25, 0.3) is 5.56 Å². The second-order valence-corrected chi connectivity index (χ2v) is 7.31. The van der Waals surface area contributed by atoms with E-state index in [9.17, 15) is 9.59 Å². The van der Waals surface area contributed by atoms with E-state index in [0.717, 1.165) is 0 Å². The standard InChI is InChI=1S/C20H19N3O4S/c1-23-19(25)14-6-2-3-7-15(14)22-20(23)28-12-18(24)21-10-13-11-26-16-8-4-5-9-17(16)27-13/h2-9,13H,10-12H2,1H3,(H,21,24). The molecule has 1 aliphatic heterocycles. The quantitative estimate of drug-likeness (QED) is 0.524. The van der Waals surface area contributed by atoms with Crippen LogP contribution in [-0.2, 0) is 11.8 Å². The Morgan fingerprint density at radius 3 is 2.82 bits per heavy atom. The SMILES string of the molecule is Cn1c(SCC(=O)NCC2COc3ccccc3O2)nc2ccccc2c1=O. The van der Waals surface area contributed by atoms with E-state index in [1.54, 1.807) is 25.2 Å². The van der Waals surface area contributed by atoms with Crippen molar-refractivity contribution in [2.45, 2.75) is 11.3 Å². The summed E-state index contributed by atoms with van der Waals surface area (Å²) >= 11 is 1.23. The summed E-state index contributed by atoms with van der Waals surface area (Å²) in [5, 5.41) is 3.91. The van der Waals surface area contributed by atoms with E-state index in [1.165, 1.54) is 16.3 Å². The predicted octanol–water partition coefficient (Wildman–Crippen LogP) is 1.98. The van der Waals surface area contributed by atoms with Crippen LogP contribution in [0.5, 0.6) is 11.5 Å². The van der Waals surface area contributed by atoms with Crippen LogP contribution in [0.1, 0.15) is 0 Å². The summed E-state index contributed by atoms with van der Waals surface area (Å²) in [6.45, 7) is 0.725. The largest absolute Gasteiger partial charge is 0.486 e. The maximum Gasteiger partial charge on any atom is 0.261 e. The maximum atomic E-state index is 12.4. The second kappa shape index (κ2) is 7.93. The maximum absolute atomic E-state index is 12.4. The normalized spacial score (nSPS) is 15.4. The number of aromatic nitrogens is 2. The Hall–Kier alpha value is -3.00. The van der Waals surface area contributed by atoms with Crippen molar-refractivity contribution in [3.05, 3.63) is 58.9 Å². The summed E-state index contributed by atoms with van der Waals surface area (Å²) < 4.78 is 12.9. The summed E-state index contributed by atoms with van der Waals surface area (Å²) in [5.41, 5.74) is 0.500. The van der Waals surface area contributed by atoms with Crippen molar-refractivity contribution in [3.63, 3.8) is 0 Å².